The van der Waals surface area contributed by atoms with Crippen LogP contribution in [0.1, 0.15) is 329 Å². The normalized spacial score (nSPS) is 11.1. The molecule has 0 spiro atoms. The van der Waals surface area contributed by atoms with Crippen molar-refractivity contribution in [2.75, 3.05) is 119 Å². The molecular weight excluding hydrogens is 1100 g/mol. The Morgan fingerprint density at radius 1 is 0.195 bits per heavy atom. The fourth-order valence-corrected chi connectivity index (χ4v) is 9.94. The van der Waals surface area contributed by atoms with Gasteiger partial charge >= 0.3 is 17.9 Å². The van der Waals surface area contributed by atoms with Crippen molar-refractivity contribution < 1.29 is 72.3 Å². The van der Waals surface area contributed by atoms with Crippen LogP contribution in [0.4, 0.5) is 0 Å². The molecule has 0 atom stereocenters. The number of carbonyl (C=O) groups excluding carboxylic acids is 3. The Morgan fingerprint density at radius 3 is 0.517 bits per heavy atom. The highest BCUT2D eigenvalue weighted by Crippen LogP contribution is 2.17. The summed E-state index contributed by atoms with van der Waals surface area (Å²) in [7, 11) is 0. The van der Waals surface area contributed by atoms with E-state index in [1.165, 1.54) is 250 Å². The van der Waals surface area contributed by atoms with E-state index < -0.39 is 0 Å². The van der Waals surface area contributed by atoms with Crippen molar-refractivity contribution in [3.8, 4) is 0 Å². The summed E-state index contributed by atoms with van der Waals surface area (Å²) >= 11 is 0. The lowest BCUT2D eigenvalue weighted by Crippen LogP contribution is -2.14. The zero-order valence-electron chi connectivity index (χ0n) is 57.4. The molecule has 0 aliphatic rings. The van der Waals surface area contributed by atoms with E-state index in [1.807, 2.05) is 0 Å². The summed E-state index contributed by atoms with van der Waals surface area (Å²) in [5, 5.41) is 25.5. The molecule has 0 rings (SSSR count). The smallest absolute Gasteiger partial charge is 0.305 e. The van der Waals surface area contributed by atoms with Crippen LogP contribution in [0, 0.1) is 0 Å². The number of hydrogen-bond donors (Lipinski definition) is 3. The van der Waals surface area contributed by atoms with Crippen LogP contribution in [-0.2, 0) is 57.0 Å². The van der Waals surface area contributed by atoms with Gasteiger partial charge in [0.1, 0.15) is 19.8 Å². The number of hydrogen-bond acceptors (Lipinski definition) is 15. The van der Waals surface area contributed by atoms with Crippen molar-refractivity contribution in [2.45, 2.75) is 329 Å². The first kappa shape index (κ1) is 89.2. The van der Waals surface area contributed by atoms with Crippen LogP contribution in [0.15, 0.2) is 0 Å². The maximum atomic E-state index is 11.9. The molecule has 15 heteroatoms. The molecule has 0 heterocycles. The average molecular weight is 1250 g/mol. The van der Waals surface area contributed by atoms with E-state index in [2.05, 4.69) is 20.8 Å². The molecule has 0 unspecified atom stereocenters. The molecule has 0 aromatic rings. The zero-order valence-corrected chi connectivity index (χ0v) is 57.4. The Bertz CT molecular complexity index is 1190. The number of rotatable bonds is 72. The summed E-state index contributed by atoms with van der Waals surface area (Å²) in [5.41, 5.74) is 0. The molecule has 0 fully saturated rings. The summed E-state index contributed by atoms with van der Waals surface area (Å²) in [6, 6.07) is 0. The van der Waals surface area contributed by atoms with E-state index in [9.17, 15) is 14.4 Å². The van der Waals surface area contributed by atoms with Gasteiger partial charge in [-0.15, -0.1) is 0 Å². The van der Waals surface area contributed by atoms with Crippen LogP contribution in [0.3, 0.4) is 0 Å². The van der Waals surface area contributed by atoms with Gasteiger partial charge in [-0.25, -0.2) is 0 Å². The summed E-state index contributed by atoms with van der Waals surface area (Å²) in [5.74, 6) is -0.500. The van der Waals surface area contributed by atoms with Gasteiger partial charge in [0.25, 0.3) is 0 Å². The van der Waals surface area contributed by atoms with E-state index >= 15 is 0 Å². The second-order valence-corrected chi connectivity index (χ2v) is 23.6. The van der Waals surface area contributed by atoms with Crippen molar-refractivity contribution in [1.82, 2.24) is 0 Å². The zero-order chi connectivity index (χ0) is 63.8. The van der Waals surface area contributed by atoms with Crippen LogP contribution in [0.2, 0.25) is 0 Å². The summed E-state index contributed by atoms with van der Waals surface area (Å²) in [4.78, 5) is 35.0. The molecule has 0 radical (unpaired) electrons. The molecule has 3 N–H and O–H groups in total. The van der Waals surface area contributed by atoms with Crippen molar-refractivity contribution >= 4 is 17.9 Å². The van der Waals surface area contributed by atoms with Gasteiger partial charge in [-0.1, -0.05) is 290 Å². The molecular formula is C72H144O15. The monoisotopic (exact) mass is 1250 g/mol. The first-order valence-corrected chi connectivity index (χ1v) is 36.7. The minimum absolute atomic E-state index is 0.0334. The number of ether oxygens (including phenoxy) is 9. The summed E-state index contributed by atoms with van der Waals surface area (Å²) in [6.45, 7) is 13.1. The molecule has 0 amide bonds. The fraction of sp³-hybridized carbons (Fsp3) is 0.958. The molecule has 0 aromatic carbocycles. The minimum Gasteiger partial charge on any atom is -0.463 e. The van der Waals surface area contributed by atoms with Gasteiger partial charge in [0.2, 0.25) is 0 Å². The average Bonchev–Trinajstić information content (AvgIpc) is 3.52. The SMILES string of the molecule is CCCCCCCCCCCCCCCCCC(=O)OCCO.CCCCCCCCCCCCCCCCCC(=O)OCCOC(=O)CCCCCCCCCCCCCCCCC.OCCOCCOCCOCCOCCOCCOCCO. The van der Waals surface area contributed by atoms with Gasteiger partial charge in [-0.3, -0.25) is 14.4 Å². The third-order valence-electron chi connectivity index (χ3n) is 15.2. The minimum atomic E-state index is -0.172. The summed E-state index contributed by atoms with van der Waals surface area (Å²) < 4.78 is 46.5. The first-order chi connectivity index (χ1) is 42.9. The first-order valence-electron chi connectivity index (χ1n) is 36.7. The Labute approximate surface area is 536 Å². The predicted molar refractivity (Wildman–Crippen MR) is 358 cm³/mol. The van der Waals surface area contributed by atoms with E-state index in [0.717, 1.165) is 38.5 Å². The Kier molecular flexibility index (Phi) is 88.3. The lowest BCUT2D eigenvalue weighted by molar-refractivity contribution is -0.152. The highest BCUT2D eigenvalue weighted by Gasteiger charge is 2.07. The van der Waals surface area contributed by atoms with Crippen LogP contribution in [0.5, 0.6) is 0 Å². The van der Waals surface area contributed by atoms with E-state index in [-0.39, 0.29) is 57.5 Å². The number of aliphatic hydroxyl groups excluding tert-OH is 3. The molecule has 0 saturated heterocycles. The van der Waals surface area contributed by atoms with Crippen LogP contribution >= 0.6 is 0 Å². The van der Waals surface area contributed by atoms with Crippen LogP contribution in [-0.4, -0.2) is 152 Å². The lowest BCUT2D eigenvalue weighted by Gasteiger charge is -2.07. The Hall–Kier alpha value is -1.95. The van der Waals surface area contributed by atoms with Crippen molar-refractivity contribution in [1.29, 1.82) is 0 Å². The van der Waals surface area contributed by atoms with E-state index in [1.54, 1.807) is 0 Å². The number of esters is 3. The Balaban J connectivity index is -0.00000133. The van der Waals surface area contributed by atoms with E-state index in [0.29, 0.717) is 98.5 Å². The maximum Gasteiger partial charge on any atom is 0.305 e. The van der Waals surface area contributed by atoms with Gasteiger partial charge in [-0.05, 0) is 19.3 Å². The quantitative estimate of drug-likeness (QED) is 0.0295. The second-order valence-electron chi connectivity index (χ2n) is 23.6. The van der Waals surface area contributed by atoms with Crippen LogP contribution < -0.4 is 0 Å². The molecule has 0 aliphatic carbocycles. The lowest BCUT2D eigenvalue weighted by atomic mass is 10.0. The van der Waals surface area contributed by atoms with Gasteiger partial charge in [0.15, 0.2) is 0 Å². The third kappa shape index (κ3) is 90.6. The maximum absolute atomic E-state index is 11.9. The van der Waals surface area contributed by atoms with Crippen molar-refractivity contribution in [2.24, 2.45) is 0 Å². The third-order valence-corrected chi connectivity index (χ3v) is 15.2. The van der Waals surface area contributed by atoms with Gasteiger partial charge in [0.05, 0.1) is 99.1 Å². The highest BCUT2D eigenvalue weighted by atomic mass is 16.6. The van der Waals surface area contributed by atoms with Crippen LogP contribution in [0.25, 0.3) is 0 Å². The molecule has 0 bridgehead atoms. The number of aliphatic hydroxyl groups is 3. The fourth-order valence-electron chi connectivity index (χ4n) is 9.94. The molecule has 0 saturated carbocycles. The molecule has 0 aromatic heterocycles. The molecule has 87 heavy (non-hydrogen) atoms. The van der Waals surface area contributed by atoms with Crippen molar-refractivity contribution in [3.63, 3.8) is 0 Å². The van der Waals surface area contributed by atoms with Gasteiger partial charge in [0, 0.05) is 19.3 Å². The standard InChI is InChI=1S/C38H74O4.C20H40O3.C14H30O8/c1-3-5-7-9-11-13-15-17-19-21-23-25-27-29-31-33-37(39)41-35-36-42-38(40)34-32-30-28-26-24-22-20-18-16-14-12-10-8-6-4-2;1-2-3-4-5-6-7-8-9-10-11-12-13-14-15-16-17-20(22)23-19-18-21;15-1-3-17-5-7-19-9-11-21-13-14-22-12-10-20-8-6-18-4-2-16/h3-36H2,1-2H3;21H,2-19H2,1H3;15-16H,1-14H2. The predicted octanol–water partition coefficient (Wildman–Crippen LogP) is 17.4. The summed E-state index contributed by atoms with van der Waals surface area (Å²) in [6.07, 6.45) is 61.0. The molecule has 0 aliphatic heterocycles. The van der Waals surface area contributed by atoms with Crippen molar-refractivity contribution in [3.05, 3.63) is 0 Å². The van der Waals surface area contributed by atoms with Gasteiger partial charge < -0.3 is 58.0 Å². The van der Waals surface area contributed by atoms with E-state index in [4.69, 9.17) is 58.0 Å². The molecule has 522 valence electrons. The topological polar surface area (TPSA) is 195 Å². The van der Waals surface area contributed by atoms with Gasteiger partial charge in [-0.2, -0.15) is 0 Å². The number of carbonyl (C=O) groups is 3. The number of unbranched alkanes of at least 4 members (excludes halogenated alkanes) is 42. The molecule has 15 nitrogen and oxygen atoms in total. The second kappa shape index (κ2) is 86.1. The largest absolute Gasteiger partial charge is 0.463 e. The highest BCUT2D eigenvalue weighted by molar-refractivity contribution is 5.70. The Morgan fingerprint density at radius 2 is 0.345 bits per heavy atom.